The van der Waals surface area contributed by atoms with Crippen LogP contribution < -0.4 is 0 Å². The lowest BCUT2D eigenvalue weighted by atomic mass is 10.1. The molecule has 0 aliphatic heterocycles. The van der Waals surface area contributed by atoms with Crippen LogP contribution in [-0.4, -0.2) is 10.1 Å². The maximum atomic E-state index is 12.5. The normalized spacial score (nSPS) is 11.8. The first kappa shape index (κ1) is 13.9. The second kappa shape index (κ2) is 5.03. The minimum absolute atomic E-state index is 0.141. The second-order valence-electron chi connectivity index (χ2n) is 4.10. The van der Waals surface area contributed by atoms with Gasteiger partial charge in [-0.15, -0.1) is 0 Å². The van der Waals surface area contributed by atoms with E-state index in [1.54, 1.807) is 6.07 Å². The first-order chi connectivity index (χ1) is 9.95. The Hall–Kier alpha value is -2.09. The standard InChI is InChI=1S/C13H6BrF3N2O2/c14-9-5-6-20-10(9)12-18-11(19-21-12)7-1-3-8(4-2-7)13(15,16)17/h1-6H. The molecule has 0 bridgehead atoms. The summed E-state index contributed by atoms with van der Waals surface area (Å²) in [6.07, 6.45) is -2.93. The number of rotatable bonds is 2. The summed E-state index contributed by atoms with van der Waals surface area (Å²) < 4.78 is 48.3. The molecule has 2 aromatic heterocycles. The van der Waals surface area contributed by atoms with E-state index in [2.05, 4.69) is 26.1 Å². The monoisotopic (exact) mass is 358 g/mol. The SMILES string of the molecule is FC(F)(F)c1ccc(-c2noc(-c3occc3Br)n2)cc1. The molecule has 108 valence electrons. The Kier molecular flexibility index (Phi) is 3.32. The number of hydrogen-bond donors (Lipinski definition) is 0. The maximum Gasteiger partial charge on any atom is 0.416 e. The van der Waals surface area contributed by atoms with Gasteiger partial charge in [-0.05, 0) is 34.1 Å². The van der Waals surface area contributed by atoms with Crippen molar-refractivity contribution in [3.05, 3.63) is 46.6 Å². The molecule has 4 nitrogen and oxygen atoms in total. The highest BCUT2D eigenvalue weighted by Gasteiger charge is 2.30. The number of halogens is 4. The molecule has 2 heterocycles. The molecular formula is C13H6BrF3N2O2. The number of benzene rings is 1. The number of hydrogen-bond acceptors (Lipinski definition) is 4. The fraction of sp³-hybridized carbons (Fsp3) is 0.0769. The highest BCUT2D eigenvalue weighted by atomic mass is 79.9. The molecule has 8 heteroatoms. The Bertz CT molecular complexity index is 762. The van der Waals surface area contributed by atoms with Gasteiger partial charge < -0.3 is 8.94 Å². The quantitative estimate of drug-likeness (QED) is 0.661. The Morgan fingerprint density at radius 1 is 1.05 bits per heavy atom. The number of furan rings is 1. The number of alkyl halides is 3. The predicted octanol–water partition coefficient (Wildman–Crippen LogP) is 4.78. The largest absolute Gasteiger partial charge is 0.458 e. The lowest BCUT2D eigenvalue weighted by molar-refractivity contribution is -0.137. The van der Waals surface area contributed by atoms with Gasteiger partial charge in [-0.3, -0.25) is 0 Å². The van der Waals surface area contributed by atoms with Crippen LogP contribution in [0, 0.1) is 0 Å². The van der Waals surface area contributed by atoms with Gasteiger partial charge in [-0.25, -0.2) is 0 Å². The van der Waals surface area contributed by atoms with Crippen molar-refractivity contribution < 1.29 is 22.1 Å². The summed E-state index contributed by atoms with van der Waals surface area (Å²) in [5, 5.41) is 3.73. The zero-order chi connectivity index (χ0) is 15.0. The van der Waals surface area contributed by atoms with E-state index >= 15 is 0 Å². The van der Waals surface area contributed by atoms with Crippen LogP contribution in [0.2, 0.25) is 0 Å². The summed E-state index contributed by atoms with van der Waals surface area (Å²) in [6, 6.07) is 6.17. The van der Waals surface area contributed by atoms with Crippen LogP contribution in [0.15, 0.2) is 50.0 Å². The Morgan fingerprint density at radius 3 is 2.33 bits per heavy atom. The van der Waals surface area contributed by atoms with Crippen LogP contribution in [0.1, 0.15) is 5.56 Å². The molecule has 0 unspecified atom stereocenters. The molecule has 21 heavy (non-hydrogen) atoms. The van der Waals surface area contributed by atoms with Crippen molar-refractivity contribution in [3.63, 3.8) is 0 Å². The molecule has 0 aliphatic rings. The number of aromatic nitrogens is 2. The summed E-state index contributed by atoms with van der Waals surface area (Å²) in [6.45, 7) is 0. The molecular weight excluding hydrogens is 353 g/mol. The number of nitrogens with zero attached hydrogens (tertiary/aromatic N) is 2. The van der Waals surface area contributed by atoms with Crippen LogP contribution in [0.4, 0.5) is 13.2 Å². The van der Waals surface area contributed by atoms with Gasteiger partial charge in [0.15, 0.2) is 0 Å². The Morgan fingerprint density at radius 2 is 1.76 bits per heavy atom. The summed E-state index contributed by atoms with van der Waals surface area (Å²) in [5.41, 5.74) is -0.315. The summed E-state index contributed by atoms with van der Waals surface area (Å²) in [4.78, 5) is 4.09. The van der Waals surface area contributed by atoms with E-state index in [0.29, 0.717) is 15.8 Å². The average Bonchev–Trinajstić information content (AvgIpc) is 3.06. The second-order valence-corrected chi connectivity index (χ2v) is 4.95. The molecule has 0 saturated heterocycles. The Labute approximate surface area is 124 Å². The minimum Gasteiger partial charge on any atom is -0.458 e. The van der Waals surface area contributed by atoms with Gasteiger partial charge in [0.1, 0.15) is 0 Å². The zero-order valence-electron chi connectivity index (χ0n) is 10.2. The van der Waals surface area contributed by atoms with Gasteiger partial charge in [0.05, 0.1) is 16.3 Å². The maximum absolute atomic E-state index is 12.5. The zero-order valence-corrected chi connectivity index (χ0v) is 11.8. The summed E-state index contributed by atoms with van der Waals surface area (Å²) in [7, 11) is 0. The van der Waals surface area contributed by atoms with Crippen LogP contribution in [0.5, 0.6) is 0 Å². The molecule has 1 aromatic carbocycles. The molecule has 0 fully saturated rings. The van der Waals surface area contributed by atoms with Gasteiger partial charge in [0.25, 0.3) is 5.89 Å². The van der Waals surface area contributed by atoms with Crippen molar-refractivity contribution in [2.24, 2.45) is 0 Å². The summed E-state index contributed by atoms with van der Waals surface area (Å²) in [5.74, 6) is 0.685. The third-order valence-corrected chi connectivity index (χ3v) is 3.33. The van der Waals surface area contributed by atoms with E-state index in [1.807, 2.05) is 0 Å². The molecule has 0 amide bonds. The molecule has 0 N–H and O–H groups in total. The van der Waals surface area contributed by atoms with Crippen LogP contribution in [0.25, 0.3) is 23.0 Å². The third kappa shape index (κ3) is 2.71. The van der Waals surface area contributed by atoms with E-state index in [0.717, 1.165) is 12.1 Å². The first-order valence-corrected chi connectivity index (χ1v) is 6.49. The first-order valence-electron chi connectivity index (χ1n) is 5.70. The van der Waals surface area contributed by atoms with Gasteiger partial charge in [-0.2, -0.15) is 18.2 Å². The molecule has 0 aliphatic carbocycles. The third-order valence-electron chi connectivity index (χ3n) is 2.71. The van der Waals surface area contributed by atoms with Crippen molar-refractivity contribution in [2.45, 2.75) is 6.18 Å². The average molecular weight is 359 g/mol. The van der Waals surface area contributed by atoms with Crippen LogP contribution in [-0.2, 0) is 6.18 Å². The molecule has 0 radical (unpaired) electrons. The van der Waals surface area contributed by atoms with Crippen molar-refractivity contribution in [1.29, 1.82) is 0 Å². The predicted molar refractivity (Wildman–Crippen MR) is 70.1 cm³/mol. The molecule has 0 atom stereocenters. The van der Waals surface area contributed by atoms with Crippen LogP contribution in [0.3, 0.4) is 0 Å². The molecule has 0 spiro atoms. The Balaban J connectivity index is 1.92. The van der Waals surface area contributed by atoms with Crippen molar-refractivity contribution >= 4 is 15.9 Å². The van der Waals surface area contributed by atoms with Crippen molar-refractivity contribution in [3.8, 4) is 23.0 Å². The lowest BCUT2D eigenvalue weighted by Gasteiger charge is -2.05. The van der Waals surface area contributed by atoms with Crippen molar-refractivity contribution in [2.75, 3.05) is 0 Å². The highest BCUT2D eigenvalue weighted by Crippen LogP contribution is 2.32. The smallest absolute Gasteiger partial charge is 0.416 e. The molecule has 3 rings (SSSR count). The molecule has 0 saturated carbocycles. The topological polar surface area (TPSA) is 52.1 Å². The fourth-order valence-corrected chi connectivity index (χ4v) is 2.06. The van der Waals surface area contributed by atoms with E-state index in [1.165, 1.54) is 18.4 Å². The van der Waals surface area contributed by atoms with Gasteiger partial charge >= 0.3 is 6.18 Å². The van der Waals surface area contributed by atoms with E-state index in [4.69, 9.17) is 8.94 Å². The molecule has 3 aromatic rings. The van der Waals surface area contributed by atoms with E-state index in [9.17, 15) is 13.2 Å². The van der Waals surface area contributed by atoms with Gasteiger partial charge in [-0.1, -0.05) is 17.3 Å². The fourth-order valence-electron chi connectivity index (χ4n) is 1.69. The van der Waals surface area contributed by atoms with Crippen molar-refractivity contribution in [1.82, 2.24) is 10.1 Å². The van der Waals surface area contributed by atoms with Crippen LogP contribution >= 0.6 is 15.9 Å². The van der Waals surface area contributed by atoms with E-state index < -0.39 is 11.7 Å². The highest BCUT2D eigenvalue weighted by molar-refractivity contribution is 9.10. The van der Waals surface area contributed by atoms with Gasteiger partial charge in [0.2, 0.25) is 11.6 Å². The van der Waals surface area contributed by atoms with Gasteiger partial charge in [0, 0.05) is 5.56 Å². The summed E-state index contributed by atoms with van der Waals surface area (Å²) >= 11 is 3.25. The van der Waals surface area contributed by atoms with E-state index in [-0.39, 0.29) is 11.7 Å². The lowest BCUT2D eigenvalue weighted by Crippen LogP contribution is -2.04. The minimum atomic E-state index is -4.38.